The van der Waals surface area contributed by atoms with Gasteiger partial charge in [0.2, 0.25) is 0 Å². The SMILES string of the molecule is CC(COc1cc(O)c2c(=O)cc(-c3ccccc3)oc2c1)C[Si](C)(O[Si](C)(C)C)O[Si](C)(C)C. The lowest BCUT2D eigenvalue weighted by molar-refractivity contribution is 0.258. The quantitative estimate of drug-likeness (QED) is 0.286. The summed E-state index contributed by atoms with van der Waals surface area (Å²) in [5, 5.41) is 10.7. The van der Waals surface area contributed by atoms with Crippen molar-refractivity contribution in [3.8, 4) is 22.8 Å². The zero-order valence-corrected chi connectivity index (χ0v) is 25.1. The van der Waals surface area contributed by atoms with Crippen LogP contribution in [0.25, 0.3) is 22.3 Å². The van der Waals surface area contributed by atoms with E-state index in [2.05, 4.69) is 52.8 Å². The predicted octanol–water partition coefficient (Wildman–Crippen LogP) is 6.96. The van der Waals surface area contributed by atoms with Gasteiger partial charge in [-0.1, -0.05) is 37.3 Å². The van der Waals surface area contributed by atoms with Crippen molar-refractivity contribution in [2.24, 2.45) is 5.92 Å². The zero-order valence-electron chi connectivity index (χ0n) is 22.1. The van der Waals surface area contributed by atoms with E-state index < -0.39 is 25.2 Å². The summed E-state index contributed by atoms with van der Waals surface area (Å²) >= 11 is 0. The summed E-state index contributed by atoms with van der Waals surface area (Å²) in [5.74, 6) is 0.930. The number of hydrogen-bond acceptors (Lipinski definition) is 6. The topological polar surface area (TPSA) is 78.1 Å². The van der Waals surface area contributed by atoms with Crippen LogP contribution in [0.3, 0.4) is 0 Å². The number of phenols is 1. The summed E-state index contributed by atoms with van der Waals surface area (Å²) in [6.45, 7) is 17.9. The van der Waals surface area contributed by atoms with Crippen molar-refractivity contribution in [3.63, 3.8) is 0 Å². The third-order valence-electron chi connectivity index (χ3n) is 5.14. The smallest absolute Gasteiger partial charge is 0.314 e. The minimum absolute atomic E-state index is 0.150. The maximum Gasteiger partial charge on any atom is 0.314 e. The predicted molar refractivity (Wildman–Crippen MR) is 150 cm³/mol. The molecule has 0 saturated heterocycles. The standard InChI is InChI=1S/C26H38O6Si3/c1-19(18-35(8,31-33(2,3)4)32-34(5,6)7)17-29-21-14-22(27)26-23(28)16-24(30-25(26)15-21)20-12-10-9-11-13-20/h9-16,19,27H,17-18H2,1-8H3. The number of aromatic hydroxyl groups is 1. The maximum atomic E-state index is 12.7. The summed E-state index contributed by atoms with van der Waals surface area (Å²) < 4.78 is 25.3. The molecule has 0 aliphatic rings. The van der Waals surface area contributed by atoms with Gasteiger partial charge < -0.3 is 22.5 Å². The highest BCUT2D eigenvalue weighted by Crippen LogP contribution is 2.32. The summed E-state index contributed by atoms with van der Waals surface area (Å²) in [6, 6.07) is 14.8. The first kappa shape index (κ1) is 27.4. The first-order valence-corrected chi connectivity index (χ1v) is 21.4. The number of benzene rings is 2. The van der Waals surface area contributed by atoms with Gasteiger partial charge in [-0.25, -0.2) is 0 Å². The van der Waals surface area contributed by atoms with Crippen molar-refractivity contribution >= 4 is 36.2 Å². The van der Waals surface area contributed by atoms with Crippen LogP contribution >= 0.6 is 0 Å². The van der Waals surface area contributed by atoms with Gasteiger partial charge in [0.1, 0.15) is 28.2 Å². The van der Waals surface area contributed by atoms with E-state index >= 15 is 0 Å². The Balaban J connectivity index is 1.80. The van der Waals surface area contributed by atoms with E-state index in [0.29, 0.717) is 23.7 Å². The van der Waals surface area contributed by atoms with Crippen LogP contribution in [-0.2, 0) is 8.23 Å². The molecule has 3 aromatic rings. The van der Waals surface area contributed by atoms with E-state index in [4.69, 9.17) is 17.4 Å². The molecule has 9 heteroatoms. The monoisotopic (exact) mass is 530 g/mol. The van der Waals surface area contributed by atoms with Crippen LogP contribution in [0.5, 0.6) is 11.5 Å². The molecule has 2 aromatic carbocycles. The molecular weight excluding hydrogens is 493 g/mol. The molecule has 1 heterocycles. The second-order valence-corrected chi connectivity index (χ2v) is 24.1. The Labute approximate surface area is 211 Å². The van der Waals surface area contributed by atoms with Crippen LogP contribution < -0.4 is 10.2 Å². The lowest BCUT2D eigenvalue weighted by atomic mass is 10.1. The molecule has 3 rings (SSSR count). The molecule has 0 bridgehead atoms. The van der Waals surface area contributed by atoms with Crippen LogP contribution in [-0.4, -0.2) is 36.9 Å². The minimum Gasteiger partial charge on any atom is -0.507 e. The van der Waals surface area contributed by atoms with Crippen molar-refractivity contribution in [2.45, 2.75) is 58.8 Å². The Morgan fingerprint density at radius 3 is 2.09 bits per heavy atom. The molecule has 0 saturated carbocycles. The Morgan fingerprint density at radius 2 is 1.51 bits per heavy atom. The third kappa shape index (κ3) is 7.91. The van der Waals surface area contributed by atoms with Crippen molar-refractivity contribution in [3.05, 3.63) is 58.8 Å². The van der Waals surface area contributed by atoms with Crippen molar-refractivity contribution in [1.29, 1.82) is 0 Å². The largest absolute Gasteiger partial charge is 0.507 e. The molecular formula is C26H38O6Si3. The van der Waals surface area contributed by atoms with Crippen LogP contribution in [0, 0.1) is 5.92 Å². The highest BCUT2D eigenvalue weighted by atomic mass is 28.5. The normalized spacial score (nSPS) is 13.7. The summed E-state index contributed by atoms with van der Waals surface area (Å²) in [4.78, 5) is 12.7. The Kier molecular flexibility index (Phi) is 8.17. The van der Waals surface area contributed by atoms with E-state index in [-0.39, 0.29) is 22.5 Å². The van der Waals surface area contributed by atoms with Gasteiger partial charge in [0, 0.05) is 23.8 Å². The number of phenolic OH excluding ortho intramolecular Hbond substituents is 1. The highest BCUT2D eigenvalue weighted by Gasteiger charge is 2.41. The molecule has 1 atom stereocenters. The Morgan fingerprint density at radius 1 is 0.914 bits per heavy atom. The summed E-state index contributed by atoms with van der Waals surface area (Å²) in [6.07, 6.45) is 0. The van der Waals surface area contributed by atoms with Gasteiger partial charge in [-0.3, -0.25) is 4.79 Å². The highest BCUT2D eigenvalue weighted by molar-refractivity contribution is 6.87. The maximum absolute atomic E-state index is 12.7. The molecule has 0 fully saturated rings. The van der Waals surface area contributed by atoms with Gasteiger partial charge in [0.15, 0.2) is 22.1 Å². The van der Waals surface area contributed by atoms with E-state index in [1.165, 1.54) is 12.1 Å². The van der Waals surface area contributed by atoms with E-state index in [0.717, 1.165) is 11.6 Å². The van der Waals surface area contributed by atoms with E-state index in [9.17, 15) is 9.90 Å². The fourth-order valence-electron chi connectivity index (χ4n) is 4.40. The average Bonchev–Trinajstić information content (AvgIpc) is 2.69. The molecule has 1 N–H and O–H groups in total. The first-order chi connectivity index (χ1) is 16.1. The van der Waals surface area contributed by atoms with Gasteiger partial charge in [0.05, 0.1) is 6.61 Å². The Hall–Kier alpha value is -2.18. The Bertz CT molecular complexity index is 1200. The van der Waals surface area contributed by atoms with Crippen molar-refractivity contribution < 1.29 is 22.5 Å². The van der Waals surface area contributed by atoms with Gasteiger partial charge in [-0.15, -0.1) is 0 Å². The number of ether oxygens (including phenoxy) is 1. The summed E-state index contributed by atoms with van der Waals surface area (Å²) in [5.41, 5.74) is 0.790. The molecule has 0 radical (unpaired) electrons. The molecule has 1 aromatic heterocycles. The second kappa shape index (κ2) is 10.4. The van der Waals surface area contributed by atoms with E-state index in [1.807, 2.05) is 30.3 Å². The van der Waals surface area contributed by atoms with Crippen LogP contribution in [0.2, 0.25) is 51.9 Å². The van der Waals surface area contributed by atoms with Gasteiger partial charge >= 0.3 is 8.56 Å². The molecule has 0 spiro atoms. The van der Waals surface area contributed by atoms with Crippen LogP contribution in [0.4, 0.5) is 0 Å². The van der Waals surface area contributed by atoms with Crippen LogP contribution in [0.1, 0.15) is 6.92 Å². The van der Waals surface area contributed by atoms with Gasteiger partial charge in [-0.05, 0) is 57.8 Å². The fourth-order valence-corrected chi connectivity index (χ4v) is 17.4. The lowest BCUT2D eigenvalue weighted by Gasteiger charge is -2.39. The zero-order chi connectivity index (χ0) is 26.0. The number of fused-ring (bicyclic) bond motifs is 1. The number of rotatable bonds is 10. The number of hydrogen-bond donors (Lipinski definition) is 1. The molecule has 190 valence electrons. The van der Waals surface area contributed by atoms with Gasteiger partial charge in [0.25, 0.3) is 0 Å². The van der Waals surface area contributed by atoms with Crippen molar-refractivity contribution in [1.82, 2.24) is 0 Å². The average molecular weight is 531 g/mol. The van der Waals surface area contributed by atoms with Crippen molar-refractivity contribution in [2.75, 3.05) is 6.61 Å². The second-order valence-electron chi connectivity index (χ2n) is 11.3. The van der Waals surface area contributed by atoms with Crippen LogP contribution in [0.15, 0.2) is 57.7 Å². The lowest BCUT2D eigenvalue weighted by Crippen LogP contribution is -2.53. The molecule has 0 aliphatic carbocycles. The molecule has 0 amide bonds. The molecule has 0 aliphatic heterocycles. The summed E-state index contributed by atoms with van der Waals surface area (Å²) in [7, 11) is -5.95. The molecule has 35 heavy (non-hydrogen) atoms. The molecule has 1 unspecified atom stereocenters. The first-order valence-electron chi connectivity index (χ1n) is 12.0. The van der Waals surface area contributed by atoms with Gasteiger partial charge in [-0.2, -0.15) is 0 Å². The minimum atomic E-state index is -2.39. The molecule has 6 nitrogen and oxygen atoms in total. The van der Waals surface area contributed by atoms with E-state index in [1.54, 1.807) is 6.07 Å². The third-order valence-corrected chi connectivity index (χ3v) is 14.9. The fraction of sp³-hybridized carbons (Fsp3) is 0.423.